The van der Waals surface area contributed by atoms with E-state index >= 15 is 4.39 Å². The SMILES string of the molecule is Cc1nc(OCCOCCOCCOCC(=O)N[C@H](C(=O)N2CCCC2C(=O)NCc2ccc(-c3scnc3C)cc2)C(C)(C)C)ccc1N1C(=S)N(c2ccc(C#N)c(C(F)(F)F)c2F)C(=O)C1(C)C. The molecule has 2 atom stereocenters. The zero-order valence-electron chi connectivity index (χ0n) is 40.4. The minimum Gasteiger partial charge on any atom is -0.475 e. The van der Waals surface area contributed by atoms with Crippen molar-refractivity contribution in [3.8, 4) is 22.4 Å². The average Bonchev–Trinajstić information content (AvgIpc) is 4.02. The van der Waals surface area contributed by atoms with Crippen LogP contribution in [0.5, 0.6) is 5.88 Å². The molecule has 0 aliphatic carbocycles. The molecule has 380 valence electrons. The Balaban J connectivity index is 0.877. The molecule has 0 bridgehead atoms. The van der Waals surface area contributed by atoms with Crippen LogP contribution in [0.15, 0.2) is 54.0 Å². The van der Waals surface area contributed by atoms with E-state index in [2.05, 4.69) is 20.6 Å². The number of nitriles is 1. The Labute approximate surface area is 418 Å². The molecule has 2 aromatic heterocycles. The Morgan fingerprint density at radius 2 is 1.59 bits per heavy atom. The van der Waals surface area contributed by atoms with Crippen molar-refractivity contribution in [2.45, 2.75) is 91.7 Å². The normalized spacial score (nSPS) is 16.3. The summed E-state index contributed by atoms with van der Waals surface area (Å²) in [6.45, 7) is 13.5. The molecule has 2 aliphatic heterocycles. The van der Waals surface area contributed by atoms with Crippen molar-refractivity contribution in [2.24, 2.45) is 5.41 Å². The molecule has 2 aliphatic rings. The first-order valence-electron chi connectivity index (χ1n) is 22.7. The number of benzene rings is 2. The molecule has 0 saturated carbocycles. The molecule has 4 heterocycles. The summed E-state index contributed by atoms with van der Waals surface area (Å²) < 4.78 is 79.1. The minimum absolute atomic E-state index is 0.102. The van der Waals surface area contributed by atoms with E-state index < -0.39 is 63.7 Å². The van der Waals surface area contributed by atoms with Crippen LogP contribution in [0, 0.1) is 36.4 Å². The van der Waals surface area contributed by atoms with Gasteiger partial charge in [-0.2, -0.15) is 18.4 Å². The number of aromatic nitrogens is 2. The van der Waals surface area contributed by atoms with Crippen LogP contribution in [0.2, 0.25) is 0 Å². The van der Waals surface area contributed by atoms with Crippen molar-refractivity contribution in [2.75, 3.05) is 62.6 Å². The zero-order valence-corrected chi connectivity index (χ0v) is 42.0. The fourth-order valence-electron chi connectivity index (χ4n) is 8.16. The fourth-order valence-corrected chi connectivity index (χ4v) is 9.48. The molecule has 2 fully saturated rings. The summed E-state index contributed by atoms with van der Waals surface area (Å²) in [5, 5.41) is 14.7. The second-order valence-electron chi connectivity index (χ2n) is 18.4. The van der Waals surface area contributed by atoms with Crippen molar-refractivity contribution < 1.29 is 55.7 Å². The molecule has 2 aromatic carbocycles. The van der Waals surface area contributed by atoms with Gasteiger partial charge in [-0.05, 0) is 87.5 Å². The molecule has 4 aromatic rings. The number of halogens is 4. The number of pyridine rings is 1. The molecular weight excluding hydrogens is 969 g/mol. The molecule has 1 unspecified atom stereocenters. The number of carbonyl (C=O) groups is 4. The Kier molecular flexibility index (Phi) is 17.5. The van der Waals surface area contributed by atoms with E-state index in [0.29, 0.717) is 42.2 Å². The lowest BCUT2D eigenvalue weighted by Crippen LogP contribution is -2.58. The lowest BCUT2D eigenvalue weighted by Gasteiger charge is -2.35. The van der Waals surface area contributed by atoms with Gasteiger partial charge >= 0.3 is 6.18 Å². The van der Waals surface area contributed by atoms with Gasteiger partial charge in [0, 0.05) is 19.2 Å². The highest BCUT2D eigenvalue weighted by molar-refractivity contribution is 7.81. The number of likely N-dealkylation sites (tertiary alicyclic amines) is 1. The van der Waals surface area contributed by atoms with Gasteiger partial charge in [0.1, 0.15) is 36.4 Å². The minimum atomic E-state index is -5.20. The van der Waals surface area contributed by atoms with Crippen LogP contribution in [0.3, 0.4) is 0 Å². The lowest BCUT2D eigenvalue weighted by molar-refractivity contribution is -0.144. The zero-order chi connectivity index (χ0) is 51.8. The molecular formula is C49H56F4N8O8S2. The Bertz CT molecular complexity index is 2650. The van der Waals surface area contributed by atoms with Gasteiger partial charge in [-0.3, -0.25) is 24.1 Å². The third-order valence-corrected chi connectivity index (χ3v) is 13.2. The number of anilines is 2. The van der Waals surface area contributed by atoms with Crippen LogP contribution in [-0.2, 0) is 46.1 Å². The first-order chi connectivity index (χ1) is 33.6. The number of hydrogen-bond donors (Lipinski definition) is 2. The number of alkyl halides is 3. The molecule has 0 spiro atoms. The van der Waals surface area contributed by atoms with Crippen LogP contribution in [-0.4, -0.2) is 114 Å². The molecule has 71 heavy (non-hydrogen) atoms. The van der Waals surface area contributed by atoms with Gasteiger partial charge in [0.05, 0.1) is 77.8 Å². The second kappa shape index (κ2) is 23.0. The van der Waals surface area contributed by atoms with Gasteiger partial charge in [0.25, 0.3) is 5.91 Å². The summed E-state index contributed by atoms with van der Waals surface area (Å²) in [6.07, 6.45) is -4.03. The Morgan fingerprint density at radius 1 is 0.944 bits per heavy atom. The summed E-state index contributed by atoms with van der Waals surface area (Å²) in [4.78, 5) is 67.3. The molecule has 22 heteroatoms. The third-order valence-electron chi connectivity index (χ3n) is 11.8. The van der Waals surface area contributed by atoms with Crippen LogP contribution >= 0.6 is 23.6 Å². The van der Waals surface area contributed by atoms with Crippen LogP contribution in [0.1, 0.15) is 75.5 Å². The standard InChI is InChI=1S/C49H56F4N8O8S2/c1-29-34(61-46(70)60(45(65)48(61,6)7)35-15-14-33(25-54)39(40(35)50)49(51,52)53)16-17-38(57-29)69-24-23-67-20-19-66-21-22-68-27-37(62)58-42(47(3,4)5)44(64)59-18-8-9-36(59)43(63)55-26-31-10-12-32(13-11-31)41-30(2)56-28-71-41/h10-17,28,36,42H,8-9,18-24,26-27H2,1-7H3,(H,55,63)(H,58,62)/t36?,42-/m1/s1. The highest BCUT2D eigenvalue weighted by atomic mass is 32.1. The first-order valence-corrected chi connectivity index (χ1v) is 24.0. The molecule has 2 N–H and O–H groups in total. The average molecular weight is 1030 g/mol. The van der Waals surface area contributed by atoms with E-state index in [-0.39, 0.29) is 69.1 Å². The fraction of sp³-hybridized carbons (Fsp3) is 0.469. The molecule has 2 saturated heterocycles. The van der Waals surface area contributed by atoms with E-state index in [1.54, 1.807) is 29.2 Å². The predicted octanol–water partition coefficient (Wildman–Crippen LogP) is 7.04. The van der Waals surface area contributed by atoms with Crippen molar-refractivity contribution >= 4 is 63.7 Å². The topological polar surface area (TPSA) is 189 Å². The van der Waals surface area contributed by atoms with E-state index in [1.165, 1.54) is 30.9 Å². The van der Waals surface area contributed by atoms with Crippen molar-refractivity contribution in [1.29, 1.82) is 5.26 Å². The largest absolute Gasteiger partial charge is 0.475 e. The molecule has 4 amide bonds. The number of nitrogens with one attached hydrogen (secondary N) is 2. The van der Waals surface area contributed by atoms with Gasteiger partial charge in [0.2, 0.25) is 23.6 Å². The van der Waals surface area contributed by atoms with Gasteiger partial charge in [0.15, 0.2) is 10.9 Å². The Hall–Kier alpha value is -6.12. The summed E-state index contributed by atoms with van der Waals surface area (Å²) in [5.74, 6) is -3.43. The van der Waals surface area contributed by atoms with Gasteiger partial charge in [-0.25, -0.2) is 14.4 Å². The van der Waals surface area contributed by atoms with Crippen molar-refractivity contribution in [3.05, 3.63) is 87.9 Å². The second-order valence-corrected chi connectivity index (χ2v) is 19.6. The first kappa shape index (κ1) is 54.2. The van der Waals surface area contributed by atoms with Crippen molar-refractivity contribution in [3.63, 3.8) is 0 Å². The number of thiocarbonyl (C=S) groups is 1. The summed E-state index contributed by atoms with van der Waals surface area (Å²) in [7, 11) is 0. The summed E-state index contributed by atoms with van der Waals surface area (Å²) >= 11 is 7.11. The quantitative estimate of drug-likeness (QED) is 0.0522. The van der Waals surface area contributed by atoms with Crippen LogP contribution in [0.4, 0.5) is 28.9 Å². The van der Waals surface area contributed by atoms with E-state index in [1.807, 2.05) is 57.5 Å². The van der Waals surface area contributed by atoms with Gasteiger partial charge in [-0.15, -0.1) is 11.3 Å². The number of thiazole rings is 1. The summed E-state index contributed by atoms with van der Waals surface area (Å²) in [5.41, 5.74) is -0.125. The number of ether oxygens (including phenoxy) is 4. The predicted molar refractivity (Wildman–Crippen MR) is 260 cm³/mol. The van der Waals surface area contributed by atoms with Gasteiger partial charge < -0.3 is 39.4 Å². The summed E-state index contributed by atoms with van der Waals surface area (Å²) in [6, 6.07) is 12.5. The maximum absolute atomic E-state index is 15.4. The highest BCUT2D eigenvalue weighted by Gasteiger charge is 2.52. The van der Waals surface area contributed by atoms with E-state index in [4.69, 9.17) is 31.2 Å². The Morgan fingerprint density at radius 3 is 2.20 bits per heavy atom. The number of hydrogen-bond acceptors (Lipinski definition) is 13. The van der Waals surface area contributed by atoms with Crippen LogP contribution in [0.25, 0.3) is 10.4 Å². The number of aryl methyl sites for hydroxylation is 2. The maximum Gasteiger partial charge on any atom is 0.420 e. The van der Waals surface area contributed by atoms with Gasteiger partial charge in [-0.1, -0.05) is 45.0 Å². The third kappa shape index (κ3) is 12.7. The number of amides is 4. The number of nitrogens with zero attached hydrogens (tertiary/aromatic N) is 6. The molecule has 0 radical (unpaired) electrons. The number of carbonyl (C=O) groups excluding carboxylic acids is 4. The van der Waals surface area contributed by atoms with E-state index in [0.717, 1.165) is 33.8 Å². The molecule has 16 nitrogen and oxygen atoms in total. The maximum atomic E-state index is 15.4. The smallest absolute Gasteiger partial charge is 0.420 e. The van der Waals surface area contributed by atoms with Crippen molar-refractivity contribution in [1.82, 2.24) is 25.5 Å². The number of rotatable bonds is 20. The lowest BCUT2D eigenvalue weighted by atomic mass is 9.85. The van der Waals surface area contributed by atoms with Crippen LogP contribution < -0.4 is 25.2 Å². The van der Waals surface area contributed by atoms with E-state index in [9.17, 15) is 37.6 Å². The monoisotopic (exact) mass is 1020 g/mol. The molecule has 6 rings (SSSR count). The highest BCUT2D eigenvalue weighted by Crippen LogP contribution is 2.42.